The Morgan fingerprint density at radius 1 is 0.800 bits per heavy atom. The van der Waals surface area contributed by atoms with Gasteiger partial charge >= 0.3 is 0 Å². The van der Waals surface area contributed by atoms with Gasteiger partial charge in [0, 0.05) is 32.7 Å². The Balaban J connectivity index is 0.000000160. The van der Waals surface area contributed by atoms with Crippen LogP contribution in [0.15, 0.2) is 24.5 Å². The molecule has 2 aromatic rings. The molecule has 2 saturated carbocycles. The molecular formula is C26H33ClF2N6. The molecule has 0 bridgehead atoms. The van der Waals surface area contributed by atoms with Crippen LogP contribution in [-0.4, -0.2) is 36.1 Å². The SMILES string of the molecule is Cl.NCc1cc(N2CCC3(CC2)CC3)c(F)cn1.[C-]#[N+]c1cc(N2CCC3(CC2)CC3)c(F)cn1. The number of pyridine rings is 2. The molecule has 2 N–H and O–H groups in total. The van der Waals surface area contributed by atoms with Gasteiger partial charge in [-0.2, -0.15) is 0 Å². The normalized spacial score (nSPS) is 21.0. The molecule has 0 atom stereocenters. The first kappa shape index (κ1) is 25.6. The third kappa shape index (κ3) is 5.68. The maximum Gasteiger partial charge on any atom is 0.271 e. The highest BCUT2D eigenvalue weighted by Gasteiger charge is 2.45. The number of nitrogens with zero attached hydrogens (tertiary/aromatic N) is 5. The molecule has 6 nitrogen and oxygen atoms in total. The number of nitrogens with two attached hydrogens (primary N) is 1. The number of aromatic nitrogens is 2. The van der Waals surface area contributed by atoms with Crippen molar-refractivity contribution in [1.29, 1.82) is 0 Å². The van der Waals surface area contributed by atoms with Crippen LogP contribution >= 0.6 is 12.4 Å². The van der Waals surface area contributed by atoms with Crippen LogP contribution in [0.3, 0.4) is 0 Å². The van der Waals surface area contributed by atoms with E-state index < -0.39 is 0 Å². The van der Waals surface area contributed by atoms with E-state index in [2.05, 4.69) is 24.6 Å². The summed E-state index contributed by atoms with van der Waals surface area (Å²) in [4.78, 5) is 15.1. The van der Waals surface area contributed by atoms with E-state index in [1.165, 1.54) is 44.7 Å². The molecule has 9 heteroatoms. The summed E-state index contributed by atoms with van der Waals surface area (Å²) in [6.45, 7) is 11.0. The van der Waals surface area contributed by atoms with E-state index in [1.807, 2.05) is 0 Å². The second kappa shape index (κ2) is 10.2. The predicted molar refractivity (Wildman–Crippen MR) is 136 cm³/mol. The average Bonchev–Trinajstić information content (AvgIpc) is 3.80. The number of hydrogen-bond acceptors (Lipinski definition) is 5. The maximum absolute atomic E-state index is 13.8. The summed E-state index contributed by atoms with van der Waals surface area (Å²) in [6, 6.07) is 3.35. The van der Waals surface area contributed by atoms with Crippen LogP contribution in [0.1, 0.15) is 57.1 Å². The number of rotatable bonds is 3. The van der Waals surface area contributed by atoms with E-state index in [9.17, 15) is 8.78 Å². The molecule has 6 rings (SSSR count). The van der Waals surface area contributed by atoms with Gasteiger partial charge in [-0.25, -0.2) is 8.78 Å². The Morgan fingerprint density at radius 3 is 1.69 bits per heavy atom. The van der Waals surface area contributed by atoms with Crippen LogP contribution < -0.4 is 15.5 Å². The Bertz CT molecular complexity index is 1080. The van der Waals surface area contributed by atoms with Crippen LogP contribution in [-0.2, 0) is 6.54 Å². The second-order valence-electron chi connectivity index (χ2n) is 10.4. The number of piperidine rings is 2. The van der Waals surface area contributed by atoms with Crippen molar-refractivity contribution in [3.05, 3.63) is 53.3 Å². The van der Waals surface area contributed by atoms with Gasteiger partial charge in [-0.1, -0.05) is 6.57 Å². The van der Waals surface area contributed by atoms with Crippen LogP contribution in [0.2, 0.25) is 0 Å². The van der Waals surface area contributed by atoms with E-state index >= 15 is 0 Å². The quantitative estimate of drug-likeness (QED) is 0.551. The third-order valence-electron chi connectivity index (χ3n) is 8.28. The van der Waals surface area contributed by atoms with Gasteiger partial charge < -0.3 is 20.4 Å². The van der Waals surface area contributed by atoms with Crippen LogP contribution in [0.5, 0.6) is 0 Å². The molecule has 0 amide bonds. The van der Waals surface area contributed by atoms with Gasteiger partial charge in [-0.3, -0.25) is 4.98 Å². The predicted octanol–water partition coefficient (Wildman–Crippen LogP) is 5.63. The topological polar surface area (TPSA) is 62.6 Å². The largest absolute Gasteiger partial charge is 0.370 e. The van der Waals surface area contributed by atoms with Gasteiger partial charge in [-0.05, 0) is 74.3 Å². The summed E-state index contributed by atoms with van der Waals surface area (Å²) in [6.07, 6.45) is 12.6. The van der Waals surface area contributed by atoms with E-state index in [0.717, 1.165) is 50.9 Å². The summed E-state index contributed by atoms with van der Waals surface area (Å²) in [5.41, 5.74) is 8.73. The standard InChI is InChI=1S/C13H14FN3.C13H18FN3.ClH/c1-15-12-8-11(10(14)9-16-12)17-6-4-13(2-3-13)5-7-17;14-11-9-16-10(8-15)7-12(11)17-5-3-13(1-2-13)4-6-17;/h8-9H,2-7H2;7,9H,1-6,8,15H2;1H. The van der Waals surface area contributed by atoms with Gasteiger partial charge in [0.15, 0.2) is 17.8 Å². The molecule has 2 saturated heterocycles. The molecule has 0 aromatic carbocycles. The molecule has 0 radical (unpaired) electrons. The lowest BCUT2D eigenvalue weighted by atomic mass is 9.93. The van der Waals surface area contributed by atoms with Crippen molar-refractivity contribution in [3.63, 3.8) is 0 Å². The highest BCUT2D eigenvalue weighted by molar-refractivity contribution is 5.85. The molecule has 4 aliphatic rings. The lowest BCUT2D eigenvalue weighted by molar-refractivity contribution is 0.382. The van der Waals surface area contributed by atoms with Gasteiger partial charge in [0.1, 0.15) is 0 Å². The Hall–Kier alpha value is -2.50. The number of halogens is 3. The van der Waals surface area contributed by atoms with Crippen molar-refractivity contribution >= 4 is 29.6 Å². The van der Waals surface area contributed by atoms with Crippen LogP contribution in [0.4, 0.5) is 26.0 Å². The third-order valence-corrected chi connectivity index (χ3v) is 8.28. The molecule has 2 aliphatic carbocycles. The molecule has 0 unspecified atom stereocenters. The zero-order chi connectivity index (χ0) is 23.8. The zero-order valence-electron chi connectivity index (χ0n) is 20.0. The first-order chi connectivity index (χ1) is 16.4. The summed E-state index contributed by atoms with van der Waals surface area (Å²) in [5, 5.41) is 0. The minimum Gasteiger partial charge on any atom is -0.370 e. The molecule has 4 heterocycles. The molecule has 2 aliphatic heterocycles. The zero-order valence-corrected chi connectivity index (χ0v) is 20.8. The van der Waals surface area contributed by atoms with Crippen molar-refractivity contribution in [1.82, 2.24) is 9.97 Å². The van der Waals surface area contributed by atoms with E-state index in [0.29, 0.717) is 28.7 Å². The van der Waals surface area contributed by atoms with Crippen LogP contribution in [0.25, 0.3) is 4.85 Å². The van der Waals surface area contributed by atoms with Crippen molar-refractivity contribution < 1.29 is 8.78 Å². The fourth-order valence-corrected chi connectivity index (χ4v) is 5.34. The van der Waals surface area contributed by atoms with Gasteiger partial charge in [-0.15, -0.1) is 17.4 Å². The molecule has 2 spiro atoms. The smallest absolute Gasteiger partial charge is 0.271 e. The monoisotopic (exact) mass is 502 g/mol. The van der Waals surface area contributed by atoms with E-state index in [4.69, 9.17) is 12.3 Å². The van der Waals surface area contributed by atoms with Crippen molar-refractivity contribution in [2.75, 3.05) is 36.0 Å². The van der Waals surface area contributed by atoms with Crippen LogP contribution in [0, 0.1) is 29.0 Å². The highest BCUT2D eigenvalue weighted by Crippen LogP contribution is 2.54. The molecular weight excluding hydrogens is 470 g/mol. The first-order valence-electron chi connectivity index (χ1n) is 12.3. The lowest BCUT2D eigenvalue weighted by Gasteiger charge is -2.34. The van der Waals surface area contributed by atoms with Crippen molar-refractivity contribution in [2.24, 2.45) is 16.6 Å². The number of anilines is 2. The fraction of sp³-hybridized carbons (Fsp3) is 0.577. The average molecular weight is 503 g/mol. The Kier molecular flexibility index (Phi) is 7.48. The summed E-state index contributed by atoms with van der Waals surface area (Å²) >= 11 is 0. The first-order valence-corrected chi connectivity index (χ1v) is 12.3. The minimum atomic E-state index is -0.316. The van der Waals surface area contributed by atoms with E-state index in [-0.39, 0.29) is 29.9 Å². The highest BCUT2D eigenvalue weighted by atomic mass is 35.5. The van der Waals surface area contributed by atoms with Crippen molar-refractivity contribution in [2.45, 2.75) is 57.9 Å². The summed E-state index contributed by atoms with van der Waals surface area (Å²) in [7, 11) is 0. The van der Waals surface area contributed by atoms with E-state index in [1.54, 1.807) is 12.1 Å². The second-order valence-corrected chi connectivity index (χ2v) is 10.4. The molecule has 35 heavy (non-hydrogen) atoms. The minimum absolute atomic E-state index is 0. The van der Waals surface area contributed by atoms with Gasteiger partial charge in [0.25, 0.3) is 5.82 Å². The van der Waals surface area contributed by atoms with Gasteiger partial charge in [0.2, 0.25) is 0 Å². The maximum atomic E-state index is 13.8. The molecule has 2 aromatic heterocycles. The Labute approximate surface area is 212 Å². The van der Waals surface area contributed by atoms with Gasteiger partial charge in [0.05, 0.1) is 23.3 Å². The molecule has 4 fully saturated rings. The fourth-order valence-electron chi connectivity index (χ4n) is 5.34. The van der Waals surface area contributed by atoms with Crippen molar-refractivity contribution in [3.8, 4) is 0 Å². The Morgan fingerprint density at radius 2 is 1.26 bits per heavy atom. The lowest BCUT2D eigenvalue weighted by Crippen LogP contribution is -2.35. The summed E-state index contributed by atoms with van der Waals surface area (Å²) in [5.74, 6) is -0.272. The molecule has 188 valence electrons. The summed E-state index contributed by atoms with van der Waals surface area (Å²) < 4.78 is 27.4. The number of hydrogen-bond donors (Lipinski definition) is 1.